The van der Waals surface area contributed by atoms with Gasteiger partial charge >= 0.3 is 5.97 Å². The largest absolute Gasteiger partial charge is 0.478 e. The predicted molar refractivity (Wildman–Crippen MR) is 72.1 cm³/mol. The fourth-order valence-corrected chi connectivity index (χ4v) is 1.78. The van der Waals surface area contributed by atoms with E-state index in [-0.39, 0.29) is 0 Å². The van der Waals surface area contributed by atoms with Crippen molar-refractivity contribution >= 4 is 28.6 Å². The van der Waals surface area contributed by atoms with Crippen LogP contribution in [0.2, 0.25) is 0 Å². The zero-order valence-corrected chi connectivity index (χ0v) is 10.1. The number of pyridine rings is 1. The molecule has 1 aromatic heterocycles. The van der Waals surface area contributed by atoms with Crippen molar-refractivity contribution in [2.24, 2.45) is 0 Å². The van der Waals surface area contributed by atoms with Gasteiger partial charge < -0.3 is 10.8 Å². The minimum atomic E-state index is -0.881. The van der Waals surface area contributed by atoms with Gasteiger partial charge in [-0.3, -0.25) is 0 Å². The highest BCUT2D eigenvalue weighted by Gasteiger charge is 2.04. The molecule has 0 spiro atoms. The molecule has 0 saturated heterocycles. The molecule has 0 aliphatic rings. The highest BCUT2D eigenvalue weighted by Crippen LogP contribution is 2.19. The smallest absolute Gasteiger partial charge is 0.331 e. The van der Waals surface area contributed by atoms with E-state index in [0.717, 1.165) is 16.3 Å². The molecule has 1 aromatic carbocycles. The fourth-order valence-electron chi connectivity index (χ4n) is 1.78. The Kier molecular flexibility index (Phi) is 3.28. The summed E-state index contributed by atoms with van der Waals surface area (Å²) < 4.78 is 0. The quantitative estimate of drug-likeness (QED) is 0.811. The number of fused-ring (bicyclic) bond motifs is 1. The number of carbonyl (C=O) groups is 1. The number of carboxylic acid groups (broad SMARTS) is 1. The van der Waals surface area contributed by atoms with Crippen LogP contribution >= 0.6 is 0 Å². The van der Waals surface area contributed by atoms with Crippen LogP contribution in [-0.2, 0) is 4.79 Å². The number of nitrogens with zero attached hydrogens (tertiary/aromatic N) is 1. The van der Waals surface area contributed by atoms with Crippen LogP contribution in [0.25, 0.3) is 16.8 Å². The fraction of sp³-hybridized carbons (Fsp3) is 0.143. The van der Waals surface area contributed by atoms with E-state index in [0.29, 0.717) is 17.8 Å². The molecule has 2 aromatic rings. The number of nitrogen functional groups attached to an aromatic ring is 1. The van der Waals surface area contributed by atoms with Crippen LogP contribution in [0.1, 0.15) is 18.9 Å². The Morgan fingerprint density at radius 1 is 1.39 bits per heavy atom. The number of nitrogens with two attached hydrogens (primary N) is 1. The third-order valence-electron chi connectivity index (χ3n) is 2.76. The Balaban J connectivity index is 2.47. The number of rotatable bonds is 3. The van der Waals surface area contributed by atoms with Crippen LogP contribution in [-0.4, -0.2) is 16.1 Å². The van der Waals surface area contributed by atoms with Crippen LogP contribution in [0.5, 0.6) is 0 Å². The lowest BCUT2D eigenvalue weighted by Gasteiger charge is -2.02. The summed E-state index contributed by atoms with van der Waals surface area (Å²) in [5.74, 6) is -0.404. The number of benzene rings is 1. The van der Waals surface area contributed by atoms with Crippen molar-refractivity contribution in [2.75, 3.05) is 5.73 Å². The topological polar surface area (TPSA) is 76.2 Å². The molecule has 0 fully saturated rings. The van der Waals surface area contributed by atoms with Crippen molar-refractivity contribution in [3.63, 3.8) is 0 Å². The molecule has 0 atom stereocenters. The predicted octanol–water partition coefficient (Wildman–Crippen LogP) is 2.70. The summed E-state index contributed by atoms with van der Waals surface area (Å²) >= 11 is 0. The van der Waals surface area contributed by atoms with Crippen molar-refractivity contribution < 1.29 is 9.90 Å². The molecule has 0 unspecified atom stereocenters. The van der Waals surface area contributed by atoms with E-state index in [1.165, 1.54) is 0 Å². The standard InChI is InChI=1S/C14H14N2O2/c1-2-10(14(17)18)5-9-3-4-11-7-13(15)16-8-12(11)6-9/h3-8H,2H2,1H3,(H2,15,16)(H,17,18)/b10-5+. The maximum atomic E-state index is 10.9. The first kappa shape index (κ1) is 12.1. The zero-order valence-electron chi connectivity index (χ0n) is 10.1. The molecule has 2 rings (SSSR count). The number of aromatic nitrogens is 1. The van der Waals surface area contributed by atoms with E-state index < -0.39 is 5.97 Å². The number of hydrogen-bond acceptors (Lipinski definition) is 3. The molecular weight excluding hydrogens is 228 g/mol. The van der Waals surface area contributed by atoms with Crippen LogP contribution < -0.4 is 5.73 Å². The van der Waals surface area contributed by atoms with Crippen LogP contribution in [0.15, 0.2) is 36.0 Å². The first-order chi connectivity index (χ1) is 8.60. The van der Waals surface area contributed by atoms with Gasteiger partial charge in [0.15, 0.2) is 0 Å². The first-order valence-electron chi connectivity index (χ1n) is 5.69. The second kappa shape index (κ2) is 4.87. The number of carboxylic acids is 1. The van der Waals surface area contributed by atoms with Gasteiger partial charge in [-0.05, 0) is 35.6 Å². The van der Waals surface area contributed by atoms with E-state index in [2.05, 4.69) is 4.98 Å². The molecule has 4 heteroatoms. The summed E-state index contributed by atoms with van der Waals surface area (Å²) in [6, 6.07) is 7.48. The average Bonchev–Trinajstić information content (AvgIpc) is 2.35. The van der Waals surface area contributed by atoms with Gasteiger partial charge in [-0.2, -0.15) is 0 Å². The average molecular weight is 242 g/mol. The van der Waals surface area contributed by atoms with Crippen molar-refractivity contribution in [3.8, 4) is 0 Å². The highest BCUT2D eigenvalue weighted by atomic mass is 16.4. The lowest BCUT2D eigenvalue weighted by molar-refractivity contribution is -0.132. The van der Waals surface area contributed by atoms with E-state index in [9.17, 15) is 4.79 Å². The summed E-state index contributed by atoms with van der Waals surface area (Å²) in [6.07, 6.45) is 3.86. The first-order valence-corrected chi connectivity index (χ1v) is 5.69. The van der Waals surface area contributed by atoms with Gasteiger partial charge in [-0.1, -0.05) is 19.1 Å². The van der Waals surface area contributed by atoms with Crippen LogP contribution in [0.3, 0.4) is 0 Å². The normalized spacial score (nSPS) is 11.7. The van der Waals surface area contributed by atoms with Gasteiger partial charge in [0, 0.05) is 17.2 Å². The van der Waals surface area contributed by atoms with Crippen molar-refractivity contribution in [1.29, 1.82) is 0 Å². The Bertz CT molecular complexity index is 633. The minimum absolute atomic E-state index is 0.387. The summed E-state index contributed by atoms with van der Waals surface area (Å²) in [7, 11) is 0. The molecule has 3 N–H and O–H groups in total. The van der Waals surface area contributed by atoms with Crippen LogP contribution in [0.4, 0.5) is 5.82 Å². The van der Waals surface area contributed by atoms with Crippen LogP contribution in [0, 0.1) is 0 Å². The summed E-state index contributed by atoms with van der Waals surface area (Å²) in [5, 5.41) is 10.9. The molecule has 0 saturated carbocycles. The van der Waals surface area contributed by atoms with Gasteiger partial charge in [-0.15, -0.1) is 0 Å². The highest BCUT2D eigenvalue weighted by molar-refractivity contribution is 5.93. The molecule has 0 amide bonds. The van der Waals surface area contributed by atoms with E-state index in [1.807, 2.05) is 25.1 Å². The SMILES string of the molecule is CC/C(=C\c1ccc2cc(N)ncc2c1)C(=O)O. The monoisotopic (exact) mass is 242 g/mol. The third kappa shape index (κ3) is 2.48. The zero-order chi connectivity index (χ0) is 13.1. The number of aliphatic carboxylic acids is 1. The van der Waals surface area contributed by atoms with Gasteiger partial charge in [-0.25, -0.2) is 9.78 Å². The molecule has 92 valence electrons. The molecule has 18 heavy (non-hydrogen) atoms. The Morgan fingerprint density at radius 3 is 2.83 bits per heavy atom. The number of hydrogen-bond donors (Lipinski definition) is 2. The molecular formula is C14H14N2O2. The molecule has 0 aliphatic heterocycles. The lowest BCUT2D eigenvalue weighted by Crippen LogP contribution is -1.98. The Morgan fingerprint density at radius 2 is 2.17 bits per heavy atom. The van der Waals surface area contributed by atoms with Gasteiger partial charge in [0.25, 0.3) is 0 Å². The minimum Gasteiger partial charge on any atom is -0.478 e. The number of anilines is 1. The molecule has 0 aliphatic carbocycles. The summed E-state index contributed by atoms with van der Waals surface area (Å²) in [4.78, 5) is 15.0. The van der Waals surface area contributed by atoms with Gasteiger partial charge in [0.2, 0.25) is 0 Å². The summed E-state index contributed by atoms with van der Waals surface area (Å²) in [5.41, 5.74) is 6.84. The van der Waals surface area contributed by atoms with Gasteiger partial charge in [0.1, 0.15) is 5.82 Å². The maximum absolute atomic E-state index is 10.9. The molecule has 1 heterocycles. The third-order valence-corrected chi connectivity index (χ3v) is 2.76. The van der Waals surface area contributed by atoms with Gasteiger partial charge in [0.05, 0.1) is 0 Å². The Labute approximate surface area is 105 Å². The molecule has 4 nitrogen and oxygen atoms in total. The maximum Gasteiger partial charge on any atom is 0.331 e. The lowest BCUT2D eigenvalue weighted by atomic mass is 10.1. The Hall–Kier alpha value is -2.36. The molecule has 0 bridgehead atoms. The second-order valence-electron chi connectivity index (χ2n) is 4.04. The van der Waals surface area contributed by atoms with Crippen molar-refractivity contribution in [2.45, 2.75) is 13.3 Å². The second-order valence-corrected chi connectivity index (χ2v) is 4.04. The van der Waals surface area contributed by atoms with Crippen molar-refractivity contribution in [1.82, 2.24) is 4.98 Å². The van der Waals surface area contributed by atoms with E-state index in [1.54, 1.807) is 18.3 Å². The van der Waals surface area contributed by atoms with E-state index >= 15 is 0 Å². The summed E-state index contributed by atoms with van der Waals surface area (Å²) in [6.45, 7) is 1.82. The molecule has 0 radical (unpaired) electrons. The van der Waals surface area contributed by atoms with E-state index in [4.69, 9.17) is 10.8 Å². The van der Waals surface area contributed by atoms with Crippen molar-refractivity contribution in [3.05, 3.63) is 41.6 Å².